The number of aromatic nitrogens is 1. The summed E-state index contributed by atoms with van der Waals surface area (Å²) in [5.74, 6) is -2.79. The van der Waals surface area contributed by atoms with Crippen LogP contribution in [0.15, 0.2) is 59.1 Å². The number of carboxylic acids is 1. The van der Waals surface area contributed by atoms with Crippen LogP contribution in [0.4, 0.5) is 18.9 Å². The Bertz CT molecular complexity index is 1600. The summed E-state index contributed by atoms with van der Waals surface area (Å²) < 4.78 is 51.2. The number of carbonyl (C=O) groups excluding carboxylic acids is 1. The lowest BCUT2D eigenvalue weighted by Gasteiger charge is -2.38. The van der Waals surface area contributed by atoms with Crippen molar-refractivity contribution in [2.75, 3.05) is 18.1 Å². The lowest BCUT2D eigenvalue weighted by molar-refractivity contribution is -0.184. The number of carboxylic acid groups (broad SMARTS) is 2. The molecule has 238 valence electrons. The Morgan fingerprint density at radius 3 is 2.22 bits per heavy atom. The van der Waals surface area contributed by atoms with Crippen LogP contribution >= 0.6 is 11.3 Å². The van der Waals surface area contributed by atoms with Crippen molar-refractivity contribution in [3.05, 3.63) is 59.6 Å². The molecule has 1 saturated carbocycles. The molecule has 2 N–H and O–H groups in total. The molecule has 2 fully saturated rings. The van der Waals surface area contributed by atoms with Crippen LogP contribution in [0.5, 0.6) is 0 Å². The smallest absolute Gasteiger partial charge is 0.391 e. The van der Waals surface area contributed by atoms with Crippen LogP contribution in [0.3, 0.4) is 0 Å². The highest BCUT2D eigenvalue weighted by molar-refractivity contribution is 7.18. The maximum Gasteiger partial charge on any atom is 0.391 e. The first-order valence-corrected chi connectivity index (χ1v) is 15.3. The number of aromatic carboxylic acids is 1. The summed E-state index contributed by atoms with van der Waals surface area (Å²) in [5, 5.41) is 17.0. The van der Waals surface area contributed by atoms with Crippen LogP contribution in [0.25, 0.3) is 32.9 Å². The molecule has 1 aromatic carbocycles. The van der Waals surface area contributed by atoms with Gasteiger partial charge in [0.25, 0.3) is 6.47 Å². The number of alkyl halides is 3. The molecule has 1 amide bonds. The van der Waals surface area contributed by atoms with Crippen molar-refractivity contribution in [1.29, 1.82) is 0 Å². The molecule has 0 spiro atoms. The topological polar surface area (TPSA) is 130 Å². The zero-order valence-electron chi connectivity index (χ0n) is 24.0. The molecule has 4 heterocycles. The Morgan fingerprint density at radius 2 is 1.62 bits per heavy atom. The Balaban J connectivity index is 0.00000128. The second kappa shape index (κ2) is 13.8. The summed E-state index contributed by atoms with van der Waals surface area (Å²) in [6.45, 7) is 0.598. The maximum atomic E-state index is 14.0. The fourth-order valence-corrected chi connectivity index (χ4v) is 6.96. The van der Waals surface area contributed by atoms with Gasteiger partial charge in [-0.3, -0.25) is 14.6 Å². The van der Waals surface area contributed by atoms with Gasteiger partial charge >= 0.3 is 12.1 Å². The molecule has 0 radical (unpaired) electrons. The van der Waals surface area contributed by atoms with E-state index < -0.39 is 24.0 Å². The number of fused-ring (bicyclic) bond motifs is 1. The number of furan rings is 1. The van der Waals surface area contributed by atoms with Gasteiger partial charge in [0.1, 0.15) is 16.2 Å². The van der Waals surface area contributed by atoms with E-state index in [0.717, 1.165) is 28.0 Å². The fourth-order valence-electron chi connectivity index (χ4n) is 5.97. The molecular formula is C32H31F3N2O7S. The van der Waals surface area contributed by atoms with Crippen LogP contribution in [0.1, 0.15) is 48.2 Å². The van der Waals surface area contributed by atoms with Crippen LogP contribution in [0.2, 0.25) is 0 Å². The predicted octanol–water partition coefficient (Wildman–Crippen LogP) is 7.50. The van der Waals surface area contributed by atoms with Gasteiger partial charge in [-0.15, -0.1) is 11.3 Å². The summed E-state index contributed by atoms with van der Waals surface area (Å²) >= 11 is 1.08. The first-order chi connectivity index (χ1) is 21.6. The number of anilines is 1. The molecule has 0 unspecified atom stereocenters. The van der Waals surface area contributed by atoms with Crippen molar-refractivity contribution in [3.8, 4) is 21.8 Å². The van der Waals surface area contributed by atoms with Crippen molar-refractivity contribution in [1.82, 2.24) is 4.98 Å². The van der Waals surface area contributed by atoms with Crippen LogP contribution in [-0.2, 0) is 14.3 Å². The first kappa shape index (κ1) is 32.2. The van der Waals surface area contributed by atoms with Gasteiger partial charge in [-0.2, -0.15) is 13.2 Å². The SMILES string of the molecule is O=C(O)c1sc(-c2ccc(-c3cc4ncccc4o3)cc2)cc1N(C(=O)[C@H]1CC[C@H](C(F)(F)F)CC1)C1CCOCC1.O=CO. The van der Waals surface area contributed by atoms with E-state index in [1.807, 2.05) is 36.4 Å². The summed E-state index contributed by atoms with van der Waals surface area (Å²) in [6, 6.07) is 14.4. The number of thiophene rings is 1. The van der Waals surface area contributed by atoms with E-state index in [0.29, 0.717) is 48.0 Å². The molecule has 45 heavy (non-hydrogen) atoms. The van der Waals surface area contributed by atoms with Gasteiger partial charge in [0.2, 0.25) is 5.91 Å². The van der Waals surface area contributed by atoms with Gasteiger partial charge in [-0.05, 0) is 62.3 Å². The molecule has 2 aliphatic rings. The van der Waals surface area contributed by atoms with Crippen LogP contribution in [-0.4, -0.2) is 59.0 Å². The minimum absolute atomic E-state index is 0.0289. The number of amides is 1. The molecule has 3 aromatic heterocycles. The molecule has 0 atom stereocenters. The molecular weight excluding hydrogens is 613 g/mol. The minimum atomic E-state index is -4.27. The van der Waals surface area contributed by atoms with E-state index in [1.165, 1.54) is 0 Å². The second-order valence-electron chi connectivity index (χ2n) is 11.0. The maximum absolute atomic E-state index is 14.0. The number of nitrogens with zero attached hydrogens (tertiary/aromatic N) is 2. The van der Waals surface area contributed by atoms with Crippen molar-refractivity contribution in [3.63, 3.8) is 0 Å². The number of halogens is 3. The molecule has 9 nitrogen and oxygen atoms in total. The molecule has 6 rings (SSSR count). The van der Waals surface area contributed by atoms with Gasteiger partial charge in [-0.1, -0.05) is 24.3 Å². The molecule has 1 saturated heterocycles. The van der Waals surface area contributed by atoms with E-state index in [9.17, 15) is 27.9 Å². The number of rotatable bonds is 6. The van der Waals surface area contributed by atoms with Gasteiger partial charge < -0.3 is 24.3 Å². The van der Waals surface area contributed by atoms with Crippen LogP contribution in [0, 0.1) is 11.8 Å². The Kier molecular flexibility index (Phi) is 9.88. The molecule has 1 aliphatic heterocycles. The zero-order valence-corrected chi connectivity index (χ0v) is 24.9. The van der Waals surface area contributed by atoms with Gasteiger partial charge in [0.15, 0.2) is 5.58 Å². The van der Waals surface area contributed by atoms with E-state index >= 15 is 0 Å². The number of hydrogen-bond donors (Lipinski definition) is 2. The van der Waals surface area contributed by atoms with Crippen molar-refractivity contribution in [2.45, 2.75) is 50.7 Å². The number of ether oxygens (including phenoxy) is 1. The standard InChI is InChI=1S/C31H29F3N2O5S.CH2O2/c32-31(33,34)21-9-7-20(8-10-21)29(37)36(22-11-14-40-15-12-22)24-17-27(42-28(24)30(38)39)19-5-3-18(4-6-19)26-16-23-25(41-26)2-1-13-35-23;2-1-3/h1-6,13,16-17,20-22H,7-12,14-15H2,(H,38,39);1H,(H,2,3)/t20-,21-;. The zero-order chi connectivity index (χ0) is 32.1. The minimum Gasteiger partial charge on any atom is -0.483 e. The summed E-state index contributed by atoms with van der Waals surface area (Å²) in [7, 11) is 0. The Hall–Kier alpha value is -4.23. The Morgan fingerprint density at radius 1 is 0.978 bits per heavy atom. The van der Waals surface area contributed by atoms with E-state index in [4.69, 9.17) is 19.1 Å². The third-order valence-corrected chi connectivity index (χ3v) is 9.40. The van der Waals surface area contributed by atoms with Crippen molar-refractivity contribution >= 4 is 46.5 Å². The summed E-state index contributed by atoms with van der Waals surface area (Å²) in [4.78, 5) is 41.3. The summed E-state index contributed by atoms with van der Waals surface area (Å²) in [6.07, 6.45) is -1.48. The predicted molar refractivity (Wildman–Crippen MR) is 161 cm³/mol. The van der Waals surface area contributed by atoms with Crippen molar-refractivity contribution in [2.24, 2.45) is 11.8 Å². The summed E-state index contributed by atoms with van der Waals surface area (Å²) in [5.41, 5.74) is 3.33. The van der Waals surface area contributed by atoms with Gasteiger partial charge in [0.05, 0.1) is 11.6 Å². The monoisotopic (exact) mass is 644 g/mol. The van der Waals surface area contributed by atoms with E-state index in [-0.39, 0.29) is 49.0 Å². The highest BCUT2D eigenvalue weighted by Gasteiger charge is 2.44. The lowest BCUT2D eigenvalue weighted by atomic mass is 9.80. The number of carbonyl (C=O) groups is 3. The third-order valence-electron chi connectivity index (χ3n) is 8.24. The normalized spacial score (nSPS) is 19.0. The van der Waals surface area contributed by atoms with E-state index in [1.54, 1.807) is 23.2 Å². The van der Waals surface area contributed by atoms with Gasteiger partial charge in [-0.25, -0.2) is 4.79 Å². The highest BCUT2D eigenvalue weighted by atomic mass is 32.1. The molecule has 1 aliphatic carbocycles. The van der Waals surface area contributed by atoms with E-state index in [2.05, 4.69) is 4.98 Å². The fraction of sp³-hybridized carbons (Fsp3) is 0.375. The number of pyridine rings is 1. The molecule has 0 bridgehead atoms. The molecule has 13 heteroatoms. The first-order valence-electron chi connectivity index (χ1n) is 14.5. The molecule has 4 aromatic rings. The quantitative estimate of drug-likeness (QED) is 0.206. The lowest BCUT2D eigenvalue weighted by Crippen LogP contribution is -2.47. The van der Waals surface area contributed by atoms with Crippen LogP contribution < -0.4 is 4.90 Å². The Labute approximate surface area is 260 Å². The third kappa shape index (κ3) is 7.20. The number of benzene rings is 1. The van der Waals surface area contributed by atoms with Gasteiger partial charge in [0, 0.05) is 47.9 Å². The van der Waals surface area contributed by atoms with Crippen molar-refractivity contribution < 1.29 is 46.9 Å². The number of hydrogen-bond acceptors (Lipinski definition) is 7. The average Bonchev–Trinajstić information content (AvgIpc) is 3.67. The largest absolute Gasteiger partial charge is 0.483 e. The average molecular weight is 645 g/mol. The highest BCUT2D eigenvalue weighted by Crippen LogP contribution is 2.43. The second-order valence-corrected chi connectivity index (χ2v) is 12.0.